The van der Waals surface area contributed by atoms with Gasteiger partial charge < -0.3 is 19.3 Å². The number of benzene rings is 1. The summed E-state index contributed by atoms with van der Waals surface area (Å²) < 4.78 is 17.0. The first-order valence-electron chi connectivity index (χ1n) is 8.19. The van der Waals surface area contributed by atoms with Crippen molar-refractivity contribution in [1.29, 1.82) is 0 Å². The largest absolute Gasteiger partial charge is 0.508 e. The van der Waals surface area contributed by atoms with E-state index in [9.17, 15) is 5.11 Å². The van der Waals surface area contributed by atoms with E-state index in [1.165, 1.54) is 0 Å². The van der Waals surface area contributed by atoms with Gasteiger partial charge >= 0.3 is 0 Å². The summed E-state index contributed by atoms with van der Waals surface area (Å²) in [7, 11) is 8.60. The highest BCUT2D eigenvalue weighted by molar-refractivity contribution is 6.34. The number of phenolic OH excluding ortho intramolecular Hbond substituents is 1. The molecule has 3 atom stereocenters. The monoisotopic (exact) mass is 337 g/mol. The highest BCUT2D eigenvalue weighted by Crippen LogP contribution is 2.41. The van der Waals surface area contributed by atoms with Crippen LogP contribution in [-0.4, -0.2) is 36.7 Å². The van der Waals surface area contributed by atoms with Crippen LogP contribution in [0.15, 0.2) is 6.07 Å². The molecule has 0 aliphatic carbocycles. The molecule has 3 unspecified atom stereocenters. The molecule has 0 saturated carbocycles. The van der Waals surface area contributed by atoms with Crippen LogP contribution in [0.5, 0.6) is 5.75 Å². The van der Waals surface area contributed by atoms with E-state index in [1.807, 2.05) is 13.0 Å². The number of ether oxygens (including phenoxy) is 3. The lowest BCUT2D eigenvalue weighted by atomic mass is 9.87. The molecule has 1 rings (SSSR count). The summed E-state index contributed by atoms with van der Waals surface area (Å²) in [6.45, 7) is 6.19. The van der Waals surface area contributed by atoms with Crippen molar-refractivity contribution in [3.05, 3.63) is 22.8 Å². The fraction of sp³-hybridized carbons (Fsp3) is 0.667. The Labute approximate surface area is 143 Å². The van der Waals surface area contributed by atoms with Gasteiger partial charge in [-0.1, -0.05) is 26.8 Å². The Bertz CT molecular complexity index is 492. The van der Waals surface area contributed by atoms with Crippen LogP contribution in [0.2, 0.25) is 0 Å². The molecule has 0 saturated heterocycles. The summed E-state index contributed by atoms with van der Waals surface area (Å²) in [6.07, 6.45) is 2.03. The van der Waals surface area contributed by atoms with E-state index in [4.69, 9.17) is 14.2 Å². The third-order valence-electron chi connectivity index (χ3n) is 4.37. The average Bonchev–Trinajstić information content (AvgIpc) is 2.56. The molecule has 0 aliphatic rings. The number of methoxy groups -OCH3 is 3. The SMILES string of the molecule is CCC(OC)c1cc([Si])c(O)c(C(CC)OC)c1C(CC)OC. The molecule has 0 spiro atoms. The predicted molar refractivity (Wildman–Crippen MR) is 93.6 cm³/mol. The first kappa shape index (κ1) is 20.2. The number of hydrogen-bond acceptors (Lipinski definition) is 4. The molecule has 0 amide bonds. The first-order valence-corrected chi connectivity index (χ1v) is 8.69. The molecule has 0 aromatic heterocycles. The van der Waals surface area contributed by atoms with Gasteiger partial charge in [0.1, 0.15) is 5.75 Å². The molecule has 4 nitrogen and oxygen atoms in total. The van der Waals surface area contributed by atoms with Crippen LogP contribution >= 0.6 is 0 Å². The Morgan fingerprint density at radius 2 is 1.30 bits per heavy atom. The second-order valence-corrected chi connectivity index (χ2v) is 6.13. The minimum absolute atomic E-state index is 0.0574. The summed E-state index contributed by atoms with van der Waals surface area (Å²) in [4.78, 5) is 0. The quantitative estimate of drug-likeness (QED) is 0.701. The van der Waals surface area contributed by atoms with Crippen molar-refractivity contribution in [2.24, 2.45) is 0 Å². The van der Waals surface area contributed by atoms with E-state index in [-0.39, 0.29) is 24.1 Å². The van der Waals surface area contributed by atoms with Crippen molar-refractivity contribution in [1.82, 2.24) is 0 Å². The summed E-state index contributed by atoms with van der Waals surface area (Å²) in [5.41, 5.74) is 2.82. The lowest BCUT2D eigenvalue weighted by molar-refractivity contribution is 0.0692. The lowest BCUT2D eigenvalue weighted by Crippen LogP contribution is -2.20. The second-order valence-electron chi connectivity index (χ2n) is 5.59. The van der Waals surface area contributed by atoms with Gasteiger partial charge in [-0.2, -0.15) is 0 Å². The smallest absolute Gasteiger partial charge is 0.120 e. The van der Waals surface area contributed by atoms with Gasteiger partial charge in [0.15, 0.2) is 0 Å². The van der Waals surface area contributed by atoms with Crippen LogP contribution in [0.25, 0.3) is 0 Å². The highest BCUT2D eigenvalue weighted by Gasteiger charge is 2.29. The summed E-state index contributed by atoms with van der Waals surface area (Å²) >= 11 is 0. The second kappa shape index (κ2) is 9.42. The fourth-order valence-corrected chi connectivity index (χ4v) is 3.46. The number of phenols is 1. The topological polar surface area (TPSA) is 47.9 Å². The van der Waals surface area contributed by atoms with E-state index in [0.29, 0.717) is 5.19 Å². The minimum Gasteiger partial charge on any atom is -0.508 e. The zero-order valence-electron chi connectivity index (χ0n) is 15.1. The third-order valence-corrected chi connectivity index (χ3v) is 4.75. The average molecular weight is 338 g/mol. The maximum atomic E-state index is 10.7. The van der Waals surface area contributed by atoms with E-state index >= 15 is 0 Å². The summed E-state index contributed by atoms with van der Waals surface area (Å²) in [6, 6.07) is 1.94. The fourth-order valence-electron chi connectivity index (χ4n) is 3.17. The highest BCUT2D eigenvalue weighted by atomic mass is 28.1. The zero-order valence-corrected chi connectivity index (χ0v) is 16.1. The van der Waals surface area contributed by atoms with Crippen LogP contribution in [0, 0.1) is 0 Å². The van der Waals surface area contributed by atoms with Crippen LogP contribution in [-0.2, 0) is 14.2 Å². The van der Waals surface area contributed by atoms with E-state index in [0.717, 1.165) is 36.0 Å². The van der Waals surface area contributed by atoms with Gasteiger partial charge in [-0.25, -0.2) is 0 Å². The van der Waals surface area contributed by atoms with Crippen LogP contribution in [0.1, 0.15) is 75.0 Å². The molecule has 5 heteroatoms. The summed E-state index contributed by atoms with van der Waals surface area (Å²) in [5.74, 6) is 0.218. The van der Waals surface area contributed by atoms with Crippen molar-refractivity contribution >= 4 is 15.4 Å². The van der Waals surface area contributed by atoms with E-state index in [2.05, 4.69) is 24.1 Å². The molecular weight excluding hydrogens is 308 g/mol. The van der Waals surface area contributed by atoms with E-state index < -0.39 is 0 Å². The van der Waals surface area contributed by atoms with Gasteiger partial charge in [0.25, 0.3) is 0 Å². The molecule has 129 valence electrons. The minimum atomic E-state index is -0.196. The molecule has 0 heterocycles. The van der Waals surface area contributed by atoms with Crippen molar-refractivity contribution in [3.8, 4) is 5.75 Å². The van der Waals surface area contributed by atoms with Crippen molar-refractivity contribution in [2.75, 3.05) is 21.3 Å². The standard InChI is InChI=1S/C18H29O4Si/c1-7-12(20-4)11-10-15(23)18(19)17(14(9-3)22-6)16(11)13(8-2)21-5/h10,12-14,19H,7-9H2,1-6H3. The predicted octanol–water partition coefficient (Wildman–Crippen LogP) is 3.48. The third kappa shape index (κ3) is 4.15. The van der Waals surface area contributed by atoms with Gasteiger partial charge in [0.05, 0.1) is 28.6 Å². The number of aromatic hydroxyl groups is 1. The summed E-state index contributed by atoms with van der Waals surface area (Å²) in [5, 5.41) is 11.3. The molecule has 0 bridgehead atoms. The maximum absolute atomic E-state index is 10.7. The zero-order chi connectivity index (χ0) is 17.6. The van der Waals surface area contributed by atoms with E-state index in [1.54, 1.807) is 21.3 Å². The van der Waals surface area contributed by atoms with Gasteiger partial charge in [0, 0.05) is 26.9 Å². The van der Waals surface area contributed by atoms with Gasteiger partial charge in [-0.05, 0) is 35.6 Å². The van der Waals surface area contributed by atoms with Crippen molar-refractivity contribution in [3.63, 3.8) is 0 Å². The molecule has 1 N–H and O–H groups in total. The Hall–Kier alpha value is -0.883. The maximum Gasteiger partial charge on any atom is 0.120 e. The Morgan fingerprint density at radius 3 is 1.70 bits per heavy atom. The van der Waals surface area contributed by atoms with Gasteiger partial charge in [-0.15, -0.1) is 0 Å². The van der Waals surface area contributed by atoms with Crippen molar-refractivity contribution in [2.45, 2.75) is 58.3 Å². The molecule has 3 radical (unpaired) electrons. The normalized spacial score (nSPS) is 15.4. The molecule has 1 aromatic carbocycles. The van der Waals surface area contributed by atoms with Gasteiger partial charge in [0.2, 0.25) is 0 Å². The Balaban J connectivity index is 3.75. The number of hydrogen-bond donors (Lipinski definition) is 1. The van der Waals surface area contributed by atoms with Crippen LogP contribution in [0.3, 0.4) is 0 Å². The van der Waals surface area contributed by atoms with Crippen LogP contribution < -0.4 is 5.19 Å². The number of rotatable bonds is 9. The van der Waals surface area contributed by atoms with Gasteiger partial charge in [-0.3, -0.25) is 0 Å². The molecule has 0 fully saturated rings. The van der Waals surface area contributed by atoms with Crippen LogP contribution in [0.4, 0.5) is 0 Å². The Morgan fingerprint density at radius 1 is 0.870 bits per heavy atom. The Kier molecular flexibility index (Phi) is 8.26. The van der Waals surface area contributed by atoms with Crippen molar-refractivity contribution < 1.29 is 19.3 Å². The lowest BCUT2D eigenvalue weighted by Gasteiger charge is -2.29. The molecule has 23 heavy (non-hydrogen) atoms. The molecule has 0 aliphatic heterocycles. The molecular formula is C18H29O4Si. The molecule has 1 aromatic rings. The first-order chi connectivity index (χ1) is 11.0.